The molecule has 1 N–H and O–H groups in total. The van der Waals surface area contributed by atoms with Gasteiger partial charge >= 0.3 is 0 Å². The number of amides is 1. The predicted molar refractivity (Wildman–Crippen MR) is 86.6 cm³/mol. The van der Waals surface area contributed by atoms with E-state index in [0.29, 0.717) is 16.2 Å². The predicted octanol–water partition coefficient (Wildman–Crippen LogP) is 3.45. The van der Waals surface area contributed by atoms with Gasteiger partial charge in [-0.1, -0.05) is 18.2 Å². The zero-order valence-corrected chi connectivity index (χ0v) is 13.6. The number of rotatable bonds is 6. The number of hydrogen-bond donors (Lipinski definition) is 1. The van der Waals surface area contributed by atoms with Crippen molar-refractivity contribution in [1.29, 1.82) is 5.26 Å². The van der Waals surface area contributed by atoms with Crippen LogP contribution in [0.15, 0.2) is 47.4 Å². The number of hydrogen-bond acceptors (Lipinski definition) is 4. The Morgan fingerprint density at radius 3 is 2.71 bits per heavy atom. The number of nitrogens with zero attached hydrogens (tertiary/aromatic N) is 1. The standard InChI is InChI=1S/C17H14F2N2O2S/c1-23-16-5-3-2-4-12(16)15(9-20)21-17(22)10-24-11-6-7-13(18)14(19)8-11/h2-8,15H,10H2,1H3,(H,21,22)/t15-/m0/s1. The van der Waals surface area contributed by atoms with Crippen LogP contribution in [-0.2, 0) is 4.79 Å². The highest BCUT2D eigenvalue weighted by Crippen LogP contribution is 2.25. The Labute approximate surface area is 142 Å². The summed E-state index contributed by atoms with van der Waals surface area (Å²) in [7, 11) is 1.48. The van der Waals surface area contributed by atoms with Gasteiger partial charge in [0.15, 0.2) is 11.6 Å². The van der Waals surface area contributed by atoms with E-state index in [1.165, 1.54) is 13.2 Å². The molecule has 0 radical (unpaired) electrons. The minimum atomic E-state index is -0.968. The highest BCUT2D eigenvalue weighted by molar-refractivity contribution is 8.00. The van der Waals surface area contributed by atoms with E-state index in [2.05, 4.69) is 5.32 Å². The number of ether oxygens (including phenoxy) is 1. The van der Waals surface area contributed by atoms with Crippen LogP contribution in [0.2, 0.25) is 0 Å². The van der Waals surface area contributed by atoms with Gasteiger partial charge in [0.05, 0.1) is 18.9 Å². The van der Waals surface area contributed by atoms with Crippen LogP contribution < -0.4 is 10.1 Å². The monoisotopic (exact) mass is 348 g/mol. The minimum absolute atomic E-state index is 0.0294. The number of carbonyl (C=O) groups excluding carboxylic acids is 1. The number of thioether (sulfide) groups is 1. The fraction of sp³-hybridized carbons (Fsp3) is 0.176. The molecule has 2 aromatic rings. The number of carbonyl (C=O) groups is 1. The SMILES string of the molecule is COc1ccccc1[C@H](C#N)NC(=O)CSc1ccc(F)c(F)c1. The van der Waals surface area contributed by atoms with E-state index in [9.17, 15) is 18.8 Å². The molecular formula is C17H14F2N2O2S. The van der Waals surface area contributed by atoms with Gasteiger partial charge in [-0.25, -0.2) is 8.78 Å². The normalized spacial score (nSPS) is 11.4. The zero-order valence-electron chi connectivity index (χ0n) is 12.8. The Morgan fingerprint density at radius 2 is 2.04 bits per heavy atom. The van der Waals surface area contributed by atoms with Crippen LogP contribution >= 0.6 is 11.8 Å². The average Bonchev–Trinajstić information content (AvgIpc) is 2.60. The maximum atomic E-state index is 13.1. The van der Waals surface area contributed by atoms with Gasteiger partial charge in [0.1, 0.15) is 11.8 Å². The molecule has 0 bridgehead atoms. The summed E-state index contributed by atoms with van der Waals surface area (Å²) < 4.78 is 31.2. The fourth-order valence-electron chi connectivity index (χ4n) is 2.00. The lowest BCUT2D eigenvalue weighted by atomic mass is 10.1. The van der Waals surface area contributed by atoms with Crippen molar-refractivity contribution >= 4 is 17.7 Å². The summed E-state index contributed by atoms with van der Waals surface area (Å²) in [4.78, 5) is 12.4. The van der Waals surface area contributed by atoms with E-state index >= 15 is 0 Å². The van der Waals surface area contributed by atoms with Crippen molar-refractivity contribution in [3.8, 4) is 11.8 Å². The van der Waals surface area contributed by atoms with Gasteiger partial charge in [0.25, 0.3) is 0 Å². The summed E-state index contributed by atoms with van der Waals surface area (Å²) >= 11 is 1.05. The lowest BCUT2D eigenvalue weighted by Crippen LogP contribution is -2.29. The lowest BCUT2D eigenvalue weighted by molar-refractivity contribution is -0.118. The first-order valence-electron chi connectivity index (χ1n) is 6.95. The van der Waals surface area contributed by atoms with Gasteiger partial charge in [0, 0.05) is 10.5 Å². The third kappa shape index (κ3) is 4.46. The molecule has 0 heterocycles. The van der Waals surface area contributed by atoms with Crippen LogP contribution in [0.4, 0.5) is 8.78 Å². The van der Waals surface area contributed by atoms with Gasteiger partial charge in [-0.05, 0) is 24.3 Å². The van der Waals surface area contributed by atoms with Crippen LogP contribution in [0, 0.1) is 23.0 Å². The fourth-order valence-corrected chi connectivity index (χ4v) is 2.73. The molecule has 0 unspecified atom stereocenters. The summed E-state index contributed by atoms with van der Waals surface area (Å²) in [5, 5.41) is 11.9. The van der Waals surface area contributed by atoms with Gasteiger partial charge < -0.3 is 10.1 Å². The average molecular weight is 348 g/mol. The molecular weight excluding hydrogens is 334 g/mol. The number of para-hydroxylation sites is 1. The van der Waals surface area contributed by atoms with Crippen molar-refractivity contribution in [2.24, 2.45) is 0 Å². The number of methoxy groups -OCH3 is 1. The van der Waals surface area contributed by atoms with E-state index in [0.717, 1.165) is 23.9 Å². The largest absolute Gasteiger partial charge is 0.496 e. The molecule has 0 aliphatic heterocycles. The summed E-state index contributed by atoms with van der Waals surface area (Å²) in [6, 6.07) is 11.4. The molecule has 0 aromatic heterocycles. The first-order valence-corrected chi connectivity index (χ1v) is 7.93. The maximum Gasteiger partial charge on any atom is 0.231 e. The Kier molecular flexibility index (Phi) is 6.15. The third-order valence-corrected chi connectivity index (χ3v) is 4.14. The van der Waals surface area contributed by atoms with E-state index in [-0.39, 0.29) is 5.75 Å². The third-order valence-electron chi connectivity index (χ3n) is 3.15. The van der Waals surface area contributed by atoms with Crippen molar-refractivity contribution in [2.45, 2.75) is 10.9 Å². The van der Waals surface area contributed by atoms with Gasteiger partial charge in [0.2, 0.25) is 5.91 Å². The molecule has 1 atom stereocenters. The first kappa shape index (κ1) is 17.8. The molecule has 0 aliphatic rings. The summed E-state index contributed by atoms with van der Waals surface area (Å²) in [5.74, 6) is -1.84. The van der Waals surface area contributed by atoms with Crippen molar-refractivity contribution in [3.05, 3.63) is 59.7 Å². The molecule has 0 spiro atoms. The van der Waals surface area contributed by atoms with Crippen LogP contribution in [0.3, 0.4) is 0 Å². The molecule has 0 saturated carbocycles. The Morgan fingerprint density at radius 1 is 1.29 bits per heavy atom. The van der Waals surface area contributed by atoms with Crippen LogP contribution in [-0.4, -0.2) is 18.8 Å². The second kappa shape index (κ2) is 8.31. The van der Waals surface area contributed by atoms with Crippen LogP contribution in [0.25, 0.3) is 0 Å². The van der Waals surface area contributed by atoms with E-state index in [1.54, 1.807) is 24.3 Å². The topological polar surface area (TPSA) is 62.1 Å². The highest BCUT2D eigenvalue weighted by atomic mass is 32.2. The molecule has 124 valence electrons. The summed E-state index contributed by atoms with van der Waals surface area (Å²) in [6.45, 7) is 0. The van der Waals surface area contributed by atoms with Crippen LogP contribution in [0.5, 0.6) is 5.75 Å². The Bertz CT molecular complexity index is 777. The molecule has 4 nitrogen and oxygen atoms in total. The molecule has 0 saturated heterocycles. The molecule has 7 heteroatoms. The quantitative estimate of drug-likeness (QED) is 0.812. The van der Waals surface area contributed by atoms with Gasteiger partial charge in [-0.15, -0.1) is 11.8 Å². The van der Waals surface area contributed by atoms with E-state index in [4.69, 9.17) is 4.74 Å². The summed E-state index contributed by atoms with van der Waals surface area (Å²) in [6.07, 6.45) is 0. The van der Waals surface area contributed by atoms with Crippen LogP contribution in [0.1, 0.15) is 11.6 Å². The van der Waals surface area contributed by atoms with Crippen molar-refractivity contribution < 1.29 is 18.3 Å². The number of benzene rings is 2. The second-order valence-corrected chi connectivity index (χ2v) is 5.78. The van der Waals surface area contributed by atoms with Crippen molar-refractivity contribution in [2.75, 3.05) is 12.9 Å². The van der Waals surface area contributed by atoms with Gasteiger partial charge in [-0.3, -0.25) is 4.79 Å². The number of halogens is 2. The molecule has 2 rings (SSSR count). The molecule has 24 heavy (non-hydrogen) atoms. The Balaban J connectivity index is 1.99. The van der Waals surface area contributed by atoms with Crippen molar-refractivity contribution in [1.82, 2.24) is 5.32 Å². The molecule has 2 aromatic carbocycles. The highest BCUT2D eigenvalue weighted by Gasteiger charge is 2.17. The van der Waals surface area contributed by atoms with E-state index < -0.39 is 23.6 Å². The molecule has 0 aliphatic carbocycles. The Hall–Kier alpha value is -2.59. The number of nitriles is 1. The molecule has 0 fully saturated rings. The van der Waals surface area contributed by atoms with Gasteiger partial charge in [-0.2, -0.15) is 5.26 Å². The zero-order chi connectivity index (χ0) is 17.5. The smallest absolute Gasteiger partial charge is 0.231 e. The lowest BCUT2D eigenvalue weighted by Gasteiger charge is -2.15. The minimum Gasteiger partial charge on any atom is -0.496 e. The first-order chi connectivity index (χ1) is 11.5. The van der Waals surface area contributed by atoms with Crippen molar-refractivity contribution in [3.63, 3.8) is 0 Å². The molecule has 1 amide bonds. The number of nitrogens with one attached hydrogen (secondary N) is 1. The summed E-state index contributed by atoms with van der Waals surface area (Å²) in [5.41, 5.74) is 0.550. The van der Waals surface area contributed by atoms with E-state index in [1.807, 2.05) is 6.07 Å². The second-order valence-electron chi connectivity index (χ2n) is 4.74. The maximum absolute atomic E-state index is 13.1.